The average Bonchev–Trinajstić information content (AvgIpc) is 2.58. The third-order valence-electron chi connectivity index (χ3n) is 3.42. The van der Waals surface area contributed by atoms with Gasteiger partial charge in [-0.25, -0.2) is 0 Å². The summed E-state index contributed by atoms with van der Waals surface area (Å²) in [5.74, 6) is 0.770. The smallest absolute Gasteiger partial charge is 0.0872 e. The summed E-state index contributed by atoms with van der Waals surface area (Å²) in [6, 6.07) is 0. The molecule has 0 aromatic rings. The van der Waals surface area contributed by atoms with E-state index < -0.39 is 0 Å². The van der Waals surface area contributed by atoms with E-state index >= 15 is 0 Å². The highest BCUT2D eigenvalue weighted by Crippen LogP contribution is 2.49. The van der Waals surface area contributed by atoms with E-state index in [1.165, 1.54) is 12.8 Å². The van der Waals surface area contributed by atoms with Crippen LogP contribution in [0.3, 0.4) is 0 Å². The Hall–Kier alpha value is -0.0400. The molecule has 1 saturated carbocycles. The van der Waals surface area contributed by atoms with Gasteiger partial charge in [-0.1, -0.05) is 20.8 Å². The van der Waals surface area contributed by atoms with Crippen molar-refractivity contribution in [3.8, 4) is 0 Å². The molecule has 1 heterocycles. The van der Waals surface area contributed by atoms with Crippen molar-refractivity contribution in [2.75, 3.05) is 0 Å². The number of fused-ring (bicyclic) bond motifs is 1. The molecular formula is C9H16O. The van der Waals surface area contributed by atoms with Gasteiger partial charge in [0, 0.05) is 0 Å². The third kappa shape index (κ3) is 0.800. The number of hydrogen-bond acceptors (Lipinski definition) is 1. The van der Waals surface area contributed by atoms with E-state index in [0.717, 1.165) is 5.92 Å². The lowest BCUT2D eigenvalue weighted by molar-refractivity contribution is 0.166. The van der Waals surface area contributed by atoms with E-state index in [2.05, 4.69) is 20.8 Å². The van der Waals surface area contributed by atoms with Gasteiger partial charge >= 0.3 is 0 Å². The summed E-state index contributed by atoms with van der Waals surface area (Å²) in [5.41, 5.74) is 0.525. The van der Waals surface area contributed by atoms with Crippen molar-refractivity contribution in [2.24, 2.45) is 11.3 Å². The van der Waals surface area contributed by atoms with Crippen LogP contribution in [0.15, 0.2) is 0 Å². The molecule has 0 aromatic heterocycles. The molecule has 58 valence electrons. The van der Waals surface area contributed by atoms with Gasteiger partial charge in [0.15, 0.2) is 0 Å². The molecule has 0 N–H and O–H groups in total. The first kappa shape index (κ1) is 6.66. The maximum atomic E-state index is 5.53. The molecule has 10 heavy (non-hydrogen) atoms. The van der Waals surface area contributed by atoms with Crippen LogP contribution in [0.4, 0.5) is 0 Å². The summed E-state index contributed by atoms with van der Waals surface area (Å²) in [6.07, 6.45) is 3.89. The summed E-state index contributed by atoms with van der Waals surface area (Å²) in [6.45, 7) is 7.04. The predicted molar refractivity (Wildman–Crippen MR) is 40.8 cm³/mol. The Labute approximate surface area is 62.8 Å². The normalized spacial score (nSPS) is 50.1. The highest BCUT2D eigenvalue weighted by atomic mass is 16.6. The van der Waals surface area contributed by atoms with Crippen LogP contribution in [0.5, 0.6) is 0 Å². The number of ether oxygens (including phenoxy) is 1. The third-order valence-corrected chi connectivity index (χ3v) is 3.42. The molecule has 1 aliphatic carbocycles. The number of hydrogen-bond donors (Lipinski definition) is 0. The lowest BCUT2D eigenvalue weighted by Gasteiger charge is -2.33. The Morgan fingerprint density at radius 2 is 2.10 bits per heavy atom. The first-order valence-electron chi connectivity index (χ1n) is 4.27. The molecule has 3 atom stereocenters. The molecule has 2 rings (SSSR count). The molecule has 1 aliphatic heterocycles. The summed E-state index contributed by atoms with van der Waals surface area (Å²) >= 11 is 0. The van der Waals surface area contributed by atoms with Crippen molar-refractivity contribution in [1.29, 1.82) is 0 Å². The number of epoxide rings is 1. The molecule has 0 bridgehead atoms. The van der Waals surface area contributed by atoms with Gasteiger partial charge in [-0.3, -0.25) is 0 Å². The van der Waals surface area contributed by atoms with Crippen LogP contribution in [-0.2, 0) is 4.74 Å². The molecule has 1 saturated heterocycles. The standard InChI is InChI=1S/C9H16O/c1-6-8-7(10-8)4-5-9(6,2)3/h6-8H,4-5H2,1-3H3. The molecule has 0 radical (unpaired) electrons. The summed E-state index contributed by atoms with van der Waals surface area (Å²) < 4.78 is 5.53. The second-order valence-electron chi connectivity index (χ2n) is 4.46. The van der Waals surface area contributed by atoms with Crippen LogP contribution in [0.1, 0.15) is 33.6 Å². The van der Waals surface area contributed by atoms with Crippen LogP contribution in [0, 0.1) is 11.3 Å². The Morgan fingerprint density at radius 3 is 2.70 bits per heavy atom. The van der Waals surface area contributed by atoms with Crippen LogP contribution in [-0.4, -0.2) is 12.2 Å². The zero-order valence-electron chi connectivity index (χ0n) is 7.05. The van der Waals surface area contributed by atoms with Crippen LogP contribution in [0.2, 0.25) is 0 Å². The van der Waals surface area contributed by atoms with Crippen molar-refractivity contribution < 1.29 is 4.74 Å². The lowest BCUT2D eigenvalue weighted by Crippen LogP contribution is -2.31. The fraction of sp³-hybridized carbons (Fsp3) is 1.00. The first-order chi connectivity index (χ1) is 4.61. The fourth-order valence-electron chi connectivity index (χ4n) is 2.02. The first-order valence-corrected chi connectivity index (χ1v) is 4.27. The van der Waals surface area contributed by atoms with Gasteiger partial charge < -0.3 is 4.74 Å². The van der Waals surface area contributed by atoms with Crippen molar-refractivity contribution in [2.45, 2.75) is 45.8 Å². The molecule has 0 aromatic carbocycles. The van der Waals surface area contributed by atoms with Crippen LogP contribution in [0.25, 0.3) is 0 Å². The molecule has 1 heteroatoms. The molecule has 1 nitrogen and oxygen atoms in total. The minimum Gasteiger partial charge on any atom is -0.369 e. The minimum absolute atomic E-state index is 0.525. The molecule has 2 fully saturated rings. The van der Waals surface area contributed by atoms with Gasteiger partial charge in [0.05, 0.1) is 12.2 Å². The van der Waals surface area contributed by atoms with Crippen molar-refractivity contribution in [3.63, 3.8) is 0 Å². The molecular weight excluding hydrogens is 124 g/mol. The van der Waals surface area contributed by atoms with Gasteiger partial charge in [-0.2, -0.15) is 0 Å². The van der Waals surface area contributed by atoms with Gasteiger partial charge in [-0.15, -0.1) is 0 Å². The summed E-state index contributed by atoms with van der Waals surface area (Å²) in [5, 5.41) is 0. The largest absolute Gasteiger partial charge is 0.369 e. The number of rotatable bonds is 0. The Kier molecular flexibility index (Phi) is 1.17. The average molecular weight is 140 g/mol. The second kappa shape index (κ2) is 1.76. The molecule has 0 amide bonds. The Bertz CT molecular complexity index is 151. The van der Waals surface area contributed by atoms with Crippen LogP contribution < -0.4 is 0 Å². The highest BCUT2D eigenvalue weighted by molar-refractivity contribution is 4.99. The van der Waals surface area contributed by atoms with E-state index in [0.29, 0.717) is 17.6 Å². The summed E-state index contributed by atoms with van der Waals surface area (Å²) in [7, 11) is 0. The zero-order chi connectivity index (χ0) is 7.35. The Morgan fingerprint density at radius 1 is 1.40 bits per heavy atom. The maximum absolute atomic E-state index is 5.53. The van der Waals surface area contributed by atoms with Crippen molar-refractivity contribution >= 4 is 0 Å². The highest BCUT2D eigenvalue weighted by Gasteiger charge is 2.51. The fourth-order valence-corrected chi connectivity index (χ4v) is 2.02. The van der Waals surface area contributed by atoms with Crippen molar-refractivity contribution in [1.82, 2.24) is 0 Å². The van der Waals surface area contributed by atoms with E-state index in [1.807, 2.05) is 0 Å². The topological polar surface area (TPSA) is 12.5 Å². The second-order valence-corrected chi connectivity index (χ2v) is 4.46. The van der Waals surface area contributed by atoms with Gasteiger partial charge in [0.25, 0.3) is 0 Å². The quantitative estimate of drug-likeness (QED) is 0.470. The zero-order valence-corrected chi connectivity index (χ0v) is 7.05. The van der Waals surface area contributed by atoms with Gasteiger partial charge in [0.1, 0.15) is 0 Å². The van der Waals surface area contributed by atoms with E-state index in [9.17, 15) is 0 Å². The van der Waals surface area contributed by atoms with E-state index in [4.69, 9.17) is 4.74 Å². The summed E-state index contributed by atoms with van der Waals surface area (Å²) in [4.78, 5) is 0. The molecule has 0 spiro atoms. The molecule has 2 aliphatic rings. The monoisotopic (exact) mass is 140 g/mol. The Balaban J connectivity index is 2.11. The predicted octanol–water partition coefficient (Wildman–Crippen LogP) is 2.21. The van der Waals surface area contributed by atoms with Crippen molar-refractivity contribution in [3.05, 3.63) is 0 Å². The van der Waals surface area contributed by atoms with Gasteiger partial charge in [-0.05, 0) is 24.2 Å². The minimum atomic E-state index is 0.525. The van der Waals surface area contributed by atoms with Gasteiger partial charge in [0.2, 0.25) is 0 Å². The SMILES string of the molecule is CC1C2OC2CCC1(C)C. The maximum Gasteiger partial charge on any atom is 0.0872 e. The van der Waals surface area contributed by atoms with Crippen LogP contribution >= 0.6 is 0 Å². The lowest BCUT2D eigenvalue weighted by atomic mass is 9.70. The van der Waals surface area contributed by atoms with E-state index in [1.54, 1.807) is 0 Å². The van der Waals surface area contributed by atoms with E-state index in [-0.39, 0.29) is 0 Å². The molecule has 3 unspecified atom stereocenters.